The van der Waals surface area contributed by atoms with Gasteiger partial charge in [-0.3, -0.25) is 9.69 Å². The highest BCUT2D eigenvalue weighted by Crippen LogP contribution is 2.31. The third-order valence-electron chi connectivity index (χ3n) is 5.45. The Labute approximate surface area is 155 Å². The molecule has 144 valence electrons. The van der Waals surface area contributed by atoms with E-state index in [0.29, 0.717) is 32.1 Å². The third-order valence-corrected chi connectivity index (χ3v) is 5.45. The molecule has 2 N–H and O–H groups in total. The van der Waals surface area contributed by atoms with Crippen LogP contribution >= 0.6 is 0 Å². The highest BCUT2D eigenvalue weighted by molar-refractivity contribution is 5.82. The molecule has 1 saturated carbocycles. The number of urea groups is 1. The first-order valence-electron chi connectivity index (χ1n) is 9.76. The second-order valence-electron chi connectivity index (χ2n) is 7.15. The maximum Gasteiger partial charge on any atom is 0.317 e. The Morgan fingerprint density at radius 3 is 2.54 bits per heavy atom. The molecule has 0 aromatic carbocycles. The number of rotatable bonds is 6. The van der Waals surface area contributed by atoms with Crippen molar-refractivity contribution in [1.82, 2.24) is 20.4 Å². The highest BCUT2D eigenvalue weighted by Gasteiger charge is 2.37. The summed E-state index contributed by atoms with van der Waals surface area (Å²) in [6.07, 6.45) is 6.23. The van der Waals surface area contributed by atoms with Crippen LogP contribution in [0.25, 0.3) is 0 Å². The Kier molecular flexibility index (Phi) is 6.55. The zero-order chi connectivity index (χ0) is 18.4. The van der Waals surface area contributed by atoms with Crippen LogP contribution in [0.15, 0.2) is 22.8 Å². The van der Waals surface area contributed by atoms with Gasteiger partial charge < -0.3 is 20.0 Å². The molecule has 1 saturated heterocycles. The summed E-state index contributed by atoms with van der Waals surface area (Å²) in [5.74, 6) is 1.26. The lowest BCUT2D eigenvalue weighted by molar-refractivity contribution is -0.129. The molecule has 26 heavy (non-hydrogen) atoms. The summed E-state index contributed by atoms with van der Waals surface area (Å²) in [6.45, 7) is 5.81. The molecule has 2 heterocycles. The molecule has 1 aromatic heterocycles. The largest absolute Gasteiger partial charge is 0.467 e. The van der Waals surface area contributed by atoms with Crippen LogP contribution in [0.3, 0.4) is 0 Å². The molecule has 1 aliphatic heterocycles. The van der Waals surface area contributed by atoms with Gasteiger partial charge in [-0.1, -0.05) is 12.8 Å². The standard InChI is InChI=1S/C19H30N4O3/c1-2-20-19(25)23-11-9-22(10-12-23)17(15-6-3-4-7-15)18(24)21-14-16-8-5-13-26-16/h5,8,13,15,17H,2-4,6-7,9-12,14H2,1H3,(H,20,25)(H,21,24)/t17-/m1/s1. The second-order valence-corrected chi connectivity index (χ2v) is 7.15. The van der Waals surface area contributed by atoms with E-state index in [9.17, 15) is 9.59 Å². The molecule has 2 fully saturated rings. The first-order valence-corrected chi connectivity index (χ1v) is 9.76. The van der Waals surface area contributed by atoms with Crippen molar-refractivity contribution in [2.24, 2.45) is 5.92 Å². The first-order chi connectivity index (χ1) is 12.7. The molecular weight excluding hydrogens is 332 g/mol. The molecule has 1 aliphatic carbocycles. The van der Waals surface area contributed by atoms with Crippen LogP contribution in [0.4, 0.5) is 4.79 Å². The van der Waals surface area contributed by atoms with Crippen molar-refractivity contribution in [2.75, 3.05) is 32.7 Å². The van der Waals surface area contributed by atoms with E-state index in [2.05, 4.69) is 15.5 Å². The second kappa shape index (κ2) is 9.07. The Hall–Kier alpha value is -2.02. The van der Waals surface area contributed by atoms with E-state index >= 15 is 0 Å². The fraction of sp³-hybridized carbons (Fsp3) is 0.684. The van der Waals surface area contributed by atoms with Crippen LogP contribution in [0, 0.1) is 5.92 Å². The van der Waals surface area contributed by atoms with E-state index in [1.54, 1.807) is 6.26 Å². The van der Waals surface area contributed by atoms with Crippen LogP contribution in [0.1, 0.15) is 38.4 Å². The van der Waals surface area contributed by atoms with Gasteiger partial charge in [-0.05, 0) is 37.8 Å². The molecule has 3 amide bonds. The van der Waals surface area contributed by atoms with Gasteiger partial charge in [-0.15, -0.1) is 0 Å². The van der Waals surface area contributed by atoms with E-state index in [0.717, 1.165) is 31.7 Å². The van der Waals surface area contributed by atoms with Gasteiger partial charge in [-0.2, -0.15) is 0 Å². The average Bonchev–Trinajstić information content (AvgIpc) is 3.35. The van der Waals surface area contributed by atoms with Crippen LogP contribution in [-0.4, -0.2) is 60.5 Å². The topological polar surface area (TPSA) is 77.8 Å². The fourth-order valence-electron chi connectivity index (χ4n) is 4.11. The molecule has 7 nitrogen and oxygen atoms in total. The predicted molar refractivity (Wildman–Crippen MR) is 98.5 cm³/mol. The summed E-state index contributed by atoms with van der Waals surface area (Å²) in [4.78, 5) is 29.1. The Morgan fingerprint density at radius 1 is 1.19 bits per heavy atom. The van der Waals surface area contributed by atoms with Crippen molar-refractivity contribution >= 4 is 11.9 Å². The first kappa shape index (κ1) is 18.8. The van der Waals surface area contributed by atoms with Crippen LogP contribution in [0.2, 0.25) is 0 Å². The van der Waals surface area contributed by atoms with E-state index in [-0.39, 0.29) is 18.0 Å². The van der Waals surface area contributed by atoms with Crippen molar-refractivity contribution in [3.8, 4) is 0 Å². The number of piperazine rings is 1. The van der Waals surface area contributed by atoms with Gasteiger partial charge in [0.25, 0.3) is 0 Å². The van der Waals surface area contributed by atoms with Gasteiger partial charge in [0.15, 0.2) is 0 Å². The summed E-state index contributed by atoms with van der Waals surface area (Å²) in [5, 5.41) is 5.90. The van der Waals surface area contributed by atoms with Crippen molar-refractivity contribution in [3.05, 3.63) is 24.2 Å². The Balaban J connectivity index is 1.59. The quantitative estimate of drug-likeness (QED) is 0.809. The van der Waals surface area contributed by atoms with Crippen LogP contribution in [0.5, 0.6) is 0 Å². The predicted octanol–water partition coefficient (Wildman–Crippen LogP) is 1.80. The number of hydrogen-bond donors (Lipinski definition) is 2. The van der Waals surface area contributed by atoms with E-state index in [1.807, 2.05) is 24.0 Å². The van der Waals surface area contributed by atoms with E-state index in [4.69, 9.17) is 4.42 Å². The molecule has 3 rings (SSSR count). The minimum absolute atomic E-state index is 0.00756. The number of hydrogen-bond acceptors (Lipinski definition) is 4. The number of nitrogens with zero attached hydrogens (tertiary/aromatic N) is 2. The normalized spacial score (nSPS) is 20.1. The van der Waals surface area contributed by atoms with Gasteiger partial charge in [0.05, 0.1) is 18.8 Å². The maximum absolute atomic E-state index is 13.0. The molecule has 1 atom stereocenters. The summed E-state index contributed by atoms with van der Waals surface area (Å²) >= 11 is 0. The van der Waals surface area contributed by atoms with E-state index < -0.39 is 0 Å². The molecule has 0 spiro atoms. The smallest absolute Gasteiger partial charge is 0.317 e. The summed E-state index contributed by atoms with van der Waals surface area (Å²) < 4.78 is 5.32. The number of carbonyl (C=O) groups excluding carboxylic acids is 2. The molecule has 0 bridgehead atoms. The van der Waals surface area contributed by atoms with Gasteiger partial charge in [0, 0.05) is 32.7 Å². The van der Waals surface area contributed by atoms with E-state index in [1.165, 1.54) is 12.8 Å². The highest BCUT2D eigenvalue weighted by atomic mass is 16.3. The lowest BCUT2D eigenvalue weighted by atomic mass is 9.95. The number of nitrogens with one attached hydrogen (secondary N) is 2. The minimum Gasteiger partial charge on any atom is -0.467 e. The number of furan rings is 1. The van der Waals surface area contributed by atoms with Gasteiger partial charge >= 0.3 is 6.03 Å². The maximum atomic E-state index is 13.0. The molecular formula is C19H30N4O3. The molecule has 1 aromatic rings. The molecule has 7 heteroatoms. The van der Waals surface area contributed by atoms with Gasteiger partial charge in [-0.25, -0.2) is 4.79 Å². The zero-order valence-electron chi connectivity index (χ0n) is 15.6. The Bertz CT molecular complexity index is 576. The van der Waals surface area contributed by atoms with Crippen molar-refractivity contribution in [3.63, 3.8) is 0 Å². The molecule has 0 radical (unpaired) electrons. The Morgan fingerprint density at radius 2 is 1.92 bits per heavy atom. The van der Waals surface area contributed by atoms with Gasteiger partial charge in [0.1, 0.15) is 5.76 Å². The van der Waals surface area contributed by atoms with Gasteiger partial charge in [0.2, 0.25) is 5.91 Å². The van der Waals surface area contributed by atoms with Crippen LogP contribution < -0.4 is 10.6 Å². The monoisotopic (exact) mass is 362 g/mol. The third kappa shape index (κ3) is 4.58. The lowest BCUT2D eigenvalue weighted by Crippen LogP contribution is -2.58. The molecule has 0 unspecified atom stereocenters. The van der Waals surface area contributed by atoms with Crippen molar-refractivity contribution in [1.29, 1.82) is 0 Å². The summed E-state index contributed by atoms with van der Waals surface area (Å²) in [5.41, 5.74) is 0. The fourth-order valence-corrected chi connectivity index (χ4v) is 4.11. The van der Waals surface area contributed by atoms with Crippen molar-refractivity contribution in [2.45, 2.75) is 45.2 Å². The number of carbonyl (C=O) groups is 2. The molecule has 2 aliphatic rings. The average molecular weight is 362 g/mol. The van der Waals surface area contributed by atoms with Crippen molar-refractivity contribution < 1.29 is 14.0 Å². The number of amides is 3. The minimum atomic E-state index is -0.108. The zero-order valence-corrected chi connectivity index (χ0v) is 15.6. The summed E-state index contributed by atoms with van der Waals surface area (Å²) in [7, 11) is 0. The SMILES string of the molecule is CCNC(=O)N1CCN([C@@H](C(=O)NCc2ccco2)C2CCCC2)CC1. The summed E-state index contributed by atoms with van der Waals surface area (Å²) in [6, 6.07) is 3.59. The lowest BCUT2D eigenvalue weighted by Gasteiger charge is -2.40. The van der Waals surface area contributed by atoms with Crippen LogP contribution in [-0.2, 0) is 11.3 Å².